The molecule has 0 radical (unpaired) electrons. The van der Waals surface area contributed by atoms with Crippen LogP contribution in [0.4, 0.5) is 11.5 Å². The van der Waals surface area contributed by atoms with Gasteiger partial charge in [0.25, 0.3) is 0 Å². The van der Waals surface area contributed by atoms with Gasteiger partial charge in [-0.3, -0.25) is 9.59 Å². The van der Waals surface area contributed by atoms with Crippen LogP contribution in [0.1, 0.15) is 29.6 Å². The normalized spacial score (nSPS) is 12.1. The van der Waals surface area contributed by atoms with Crippen molar-refractivity contribution < 1.29 is 14.2 Å². The SMILES string of the molecule is NCCCC[C@H](N)C(=O)Nc1ccc(C(=O)Cn2c(-c3nonc3N)nc3ccccc32)cc1. The summed E-state index contributed by atoms with van der Waals surface area (Å²) in [4.78, 5) is 29.9. The topological polar surface area (TPSA) is 181 Å². The van der Waals surface area contributed by atoms with Gasteiger partial charge >= 0.3 is 0 Å². The van der Waals surface area contributed by atoms with E-state index < -0.39 is 6.04 Å². The fourth-order valence-corrected chi connectivity index (χ4v) is 3.62. The van der Waals surface area contributed by atoms with Gasteiger partial charge in [0.05, 0.1) is 23.6 Å². The number of nitrogens with one attached hydrogen (secondary N) is 1. The van der Waals surface area contributed by atoms with E-state index in [0.717, 1.165) is 18.4 Å². The number of unbranched alkanes of at least 4 members (excludes halogenated alkanes) is 1. The number of hydrogen-bond acceptors (Lipinski definition) is 9. The number of benzene rings is 2. The molecule has 0 unspecified atom stereocenters. The molecule has 2 heterocycles. The largest absolute Gasteiger partial charge is 0.379 e. The van der Waals surface area contributed by atoms with Crippen molar-refractivity contribution in [1.29, 1.82) is 0 Å². The lowest BCUT2D eigenvalue weighted by molar-refractivity contribution is -0.117. The molecule has 2 aromatic heterocycles. The van der Waals surface area contributed by atoms with Crippen LogP contribution in [-0.2, 0) is 11.3 Å². The average molecular weight is 463 g/mol. The van der Waals surface area contributed by atoms with Crippen molar-refractivity contribution in [3.63, 3.8) is 0 Å². The predicted octanol–water partition coefficient (Wildman–Crippen LogP) is 1.95. The van der Waals surface area contributed by atoms with Gasteiger partial charge in [0.1, 0.15) is 0 Å². The van der Waals surface area contributed by atoms with E-state index in [0.29, 0.717) is 35.6 Å². The molecule has 11 nitrogen and oxygen atoms in total. The summed E-state index contributed by atoms with van der Waals surface area (Å²) in [5, 5.41) is 10.2. The maximum atomic E-state index is 13.1. The molecule has 0 spiro atoms. The van der Waals surface area contributed by atoms with Crippen molar-refractivity contribution in [2.24, 2.45) is 11.5 Å². The third-order valence-electron chi connectivity index (χ3n) is 5.46. The van der Waals surface area contributed by atoms with Crippen LogP contribution in [0.3, 0.4) is 0 Å². The third-order valence-corrected chi connectivity index (χ3v) is 5.46. The number of anilines is 2. The summed E-state index contributed by atoms with van der Waals surface area (Å²) in [6.07, 6.45) is 2.18. The Balaban J connectivity index is 1.50. The molecule has 0 aliphatic heterocycles. The van der Waals surface area contributed by atoms with E-state index in [4.69, 9.17) is 21.8 Å². The molecule has 1 atom stereocenters. The van der Waals surface area contributed by atoms with Crippen LogP contribution in [0.15, 0.2) is 53.2 Å². The number of amides is 1. The Bertz CT molecular complexity index is 1300. The Morgan fingerprint density at radius 1 is 1.06 bits per heavy atom. The Morgan fingerprint density at radius 2 is 1.82 bits per heavy atom. The molecule has 0 saturated heterocycles. The lowest BCUT2D eigenvalue weighted by atomic mass is 10.1. The zero-order chi connectivity index (χ0) is 24.1. The number of Topliss-reactive ketones (excluding diaryl/α,β-unsaturated/α-hetero) is 1. The third kappa shape index (κ3) is 4.95. The number of ketones is 1. The van der Waals surface area contributed by atoms with E-state index in [1.54, 1.807) is 28.8 Å². The minimum atomic E-state index is -0.612. The summed E-state index contributed by atoms with van der Waals surface area (Å²) in [5.74, 6) is 0.0476. The van der Waals surface area contributed by atoms with Crippen LogP contribution < -0.4 is 22.5 Å². The predicted molar refractivity (Wildman–Crippen MR) is 128 cm³/mol. The minimum Gasteiger partial charge on any atom is -0.379 e. The molecule has 7 N–H and O–H groups in total. The Labute approximate surface area is 195 Å². The second kappa shape index (κ2) is 10.2. The molecule has 11 heteroatoms. The first kappa shape index (κ1) is 23.1. The smallest absolute Gasteiger partial charge is 0.241 e. The summed E-state index contributed by atoms with van der Waals surface area (Å²) in [7, 11) is 0. The molecule has 0 fully saturated rings. The van der Waals surface area contributed by atoms with Crippen molar-refractivity contribution in [2.45, 2.75) is 31.8 Å². The van der Waals surface area contributed by atoms with Crippen molar-refractivity contribution in [1.82, 2.24) is 19.9 Å². The van der Waals surface area contributed by atoms with Crippen molar-refractivity contribution in [2.75, 3.05) is 17.6 Å². The number of carbonyl (C=O) groups excluding carboxylic acids is 2. The maximum absolute atomic E-state index is 13.1. The Kier molecular flexibility index (Phi) is 6.95. The fraction of sp³-hybridized carbons (Fsp3) is 0.261. The summed E-state index contributed by atoms with van der Waals surface area (Å²) in [5.41, 5.74) is 20.0. The van der Waals surface area contributed by atoms with Crippen LogP contribution in [-0.4, -0.2) is 44.1 Å². The Hall–Kier alpha value is -4.09. The molecular formula is C23H26N8O3. The number of imidazole rings is 1. The highest BCUT2D eigenvalue weighted by Gasteiger charge is 2.21. The number of nitrogens with two attached hydrogens (primary N) is 3. The standard InChI is InChI=1S/C23H26N8O3/c24-12-4-3-5-16(25)23(33)27-15-10-8-14(9-11-15)19(32)13-31-18-7-2-1-6-17(18)28-22(31)20-21(26)30-34-29-20/h1-2,6-11,16H,3-5,12-13,24-25H2,(H2,26,30)(H,27,33)/t16-/m0/s1. The highest BCUT2D eigenvalue weighted by molar-refractivity contribution is 5.99. The molecule has 34 heavy (non-hydrogen) atoms. The van der Waals surface area contributed by atoms with E-state index >= 15 is 0 Å². The first-order chi connectivity index (χ1) is 16.5. The molecule has 4 aromatic rings. The lowest BCUT2D eigenvalue weighted by Crippen LogP contribution is -2.35. The van der Waals surface area contributed by atoms with Crippen LogP contribution >= 0.6 is 0 Å². The molecule has 2 aromatic carbocycles. The van der Waals surface area contributed by atoms with Crippen molar-refractivity contribution in [3.8, 4) is 11.5 Å². The number of nitrogens with zero attached hydrogens (tertiary/aromatic N) is 4. The highest BCUT2D eigenvalue weighted by Crippen LogP contribution is 2.27. The summed E-state index contributed by atoms with van der Waals surface area (Å²) < 4.78 is 6.44. The fourth-order valence-electron chi connectivity index (χ4n) is 3.62. The van der Waals surface area contributed by atoms with Crippen molar-refractivity contribution >= 4 is 34.2 Å². The van der Waals surface area contributed by atoms with Gasteiger partial charge in [0, 0.05) is 11.3 Å². The average Bonchev–Trinajstić information content (AvgIpc) is 3.42. The monoisotopic (exact) mass is 462 g/mol. The van der Waals surface area contributed by atoms with Gasteiger partial charge in [-0.2, -0.15) is 0 Å². The van der Waals surface area contributed by atoms with E-state index in [2.05, 4.69) is 20.6 Å². The summed E-state index contributed by atoms with van der Waals surface area (Å²) >= 11 is 0. The van der Waals surface area contributed by atoms with Gasteiger partial charge in [-0.15, -0.1) is 0 Å². The number of fused-ring (bicyclic) bond motifs is 1. The van der Waals surface area contributed by atoms with Gasteiger partial charge in [-0.1, -0.05) is 18.6 Å². The van der Waals surface area contributed by atoms with Crippen LogP contribution in [0, 0.1) is 0 Å². The van der Waals surface area contributed by atoms with Crippen LogP contribution in [0.5, 0.6) is 0 Å². The van der Waals surface area contributed by atoms with E-state index in [1.165, 1.54) is 0 Å². The first-order valence-electron chi connectivity index (χ1n) is 10.9. The van der Waals surface area contributed by atoms with Crippen molar-refractivity contribution in [3.05, 3.63) is 54.1 Å². The zero-order valence-electron chi connectivity index (χ0n) is 18.5. The van der Waals surface area contributed by atoms with Gasteiger partial charge in [0.15, 0.2) is 23.1 Å². The molecule has 4 rings (SSSR count). The molecular weight excluding hydrogens is 436 g/mol. The zero-order valence-corrected chi connectivity index (χ0v) is 18.5. The van der Waals surface area contributed by atoms with Crippen LogP contribution in [0.25, 0.3) is 22.6 Å². The second-order valence-electron chi connectivity index (χ2n) is 7.89. The number of hydrogen-bond donors (Lipinski definition) is 4. The number of nitrogen functional groups attached to an aromatic ring is 1. The summed E-state index contributed by atoms with van der Waals surface area (Å²) in [6.45, 7) is 0.572. The number of carbonyl (C=O) groups is 2. The van der Waals surface area contributed by atoms with Gasteiger partial charge < -0.3 is 27.1 Å². The molecule has 0 bridgehead atoms. The van der Waals surface area contributed by atoms with Crippen LogP contribution in [0.2, 0.25) is 0 Å². The van der Waals surface area contributed by atoms with E-state index in [-0.39, 0.29) is 29.7 Å². The number of rotatable bonds is 10. The molecule has 0 saturated carbocycles. The summed E-state index contributed by atoms with van der Waals surface area (Å²) in [6, 6.07) is 13.4. The number of aromatic nitrogens is 4. The molecule has 0 aliphatic rings. The van der Waals surface area contributed by atoms with Gasteiger partial charge in [-0.25, -0.2) is 9.61 Å². The Morgan fingerprint density at radius 3 is 2.53 bits per heavy atom. The molecule has 176 valence electrons. The lowest BCUT2D eigenvalue weighted by Gasteiger charge is -2.12. The quantitative estimate of drug-likeness (QED) is 0.202. The first-order valence-corrected chi connectivity index (χ1v) is 10.9. The molecule has 1 amide bonds. The minimum absolute atomic E-state index is 0.000130. The highest BCUT2D eigenvalue weighted by atomic mass is 16.6. The number of para-hydroxylation sites is 2. The van der Waals surface area contributed by atoms with Gasteiger partial charge in [-0.05, 0) is 66.1 Å². The van der Waals surface area contributed by atoms with E-state index in [9.17, 15) is 9.59 Å². The van der Waals surface area contributed by atoms with E-state index in [1.807, 2.05) is 24.3 Å². The van der Waals surface area contributed by atoms with Gasteiger partial charge in [0.2, 0.25) is 5.91 Å². The molecule has 0 aliphatic carbocycles. The maximum Gasteiger partial charge on any atom is 0.241 e. The second-order valence-corrected chi connectivity index (χ2v) is 7.89.